The Kier molecular flexibility index (Phi) is 8.64. The summed E-state index contributed by atoms with van der Waals surface area (Å²) in [6, 6.07) is 0. The lowest BCUT2D eigenvalue weighted by Crippen LogP contribution is -2.37. The minimum absolute atomic E-state index is 0.148. The van der Waals surface area contributed by atoms with Crippen LogP contribution in [0.25, 0.3) is 0 Å². The summed E-state index contributed by atoms with van der Waals surface area (Å²) in [6.07, 6.45) is 3.32. The fourth-order valence-electron chi connectivity index (χ4n) is 2.30. The first-order valence-corrected chi connectivity index (χ1v) is 8.38. The lowest BCUT2D eigenvalue weighted by molar-refractivity contribution is -0.144. The van der Waals surface area contributed by atoms with Crippen LogP contribution in [0.4, 0.5) is 0 Å². The van der Waals surface area contributed by atoms with Crippen LogP contribution in [0.3, 0.4) is 0 Å². The fourth-order valence-corrected chi connectivity index (χ4v) is 2.30. The van der Waals surface area contributed by atoms with Crippen molar-refractivity contribution in [2.24, 2.45) is 5.41 Å². The van der Waals surface area contributed by atoms with Crippen molar-refractivity contribution in [2.45, 2.75) is 52.9 Å². The van der Waals surface area contributed by atoms with Gasteiger partial charge in [0.25, 0.3) is 0 Å². The van der Waals surface area contributed by atoms with E-state index >= 15 is 0 Å². The fraction of sp³-hybridized carbons (Fsp3) is 0.882. The molecular weight excluding hydrogens is 282 g/mol. The number of morpholine rings is 1. The first-order valence-electron chi connectivity index (χ1n) is 8.38. The highest BCUT2D eigenvalue weighted by Crippen LogP contribution is 2.18. The first kappa shape index (κ1) is 19.1. The van der Waals surface area contributed by atoms with Crippen LogP contribution in [-0.4, -0.2) is 56.1 Å². The Balaban J connectivity index is 1.96. The van der Waals surface area contributed by atoms with Crippen molar-refractivity contribution in [3.8, 4) is 0 Å². The Morgan fingerprint density at radius 3 is 2.32 bits per heavy atom. The largest absolute Gasteiger partial charge is 0.466 e. The predicted molar refractivity (Wildman–Crippen MR) is 85.8 cm³/mol. The monoisotopic (exact) mass is 313 g/mol. The summed E-state index contributed by atoms with van der Waals surface area (Å²) in [5, 5.41) is 0. The van der Waals surface area contributed by atoms with Gasteiger partial charge in [0.15, 0.2) is 0 Å². The second kappa shape index (κ2) is 9.95. The molecule has 0 unspecified atom stereocenters. The SMILES string of the molecule is CC(C)(C)C(=O)CCCCC(=O)OCCCN1CCOCC1. The van der Waals surface area contributed by atoms with Crippen molar-refractivity contribution in [1.29, 1.82) is 0 Å². The number of Topliss-reactive ketones (excluding diaryl/α,β-unsaturated/α-hetero) is 1. The van der Waals surface area contributed by atoms with Gasteiger partial charge in [-0.3, -0.25) is 14.5 Å². The van der Waals surface area contributed by atoms with Crippen molar-refractivity contribution in [3.05, 3.63) is 0 Å². The molecule has 0 N–H and O–H groups in total. The Morgan fingerprint density at radius 2 is 1.68 bits per heavy atom. The summed E-state index contributed by atoms with van der Waals surface area (Å²) in [7, 11) is 0. The van der Waals surface area contributed by atoms with Crippen molar-refractivity contribution in [3.63, 3.8) is 0 Å². The van der Waals surface area contributed by atoms with Gasteiger partial charge in [-0.1, -0.05) is 20.8 Å². The Bertz CT molecular complexity index is 343. The van der Waals surface area contributed by atoms with Crippen LogP contribution in [0, 0.1) is 5.41 Å². The molecule has 128 valence electrons. The predicted octanol–water partition coefficient (Wildman–Crippen LogP) is 2.43. The normalized spacial score (nSPS) is 16.5. The van der Waals surface area contributed by atoms with E-state index in [4.69, 9.17) is 9.47 Å². The summed E-state index contributed by atoms with van der Waals surface area (Å²) in [5.41, 5.74) is -0.278. The molecule has 0 radical (unpaired) electrons. The molecule has 0 spiro atoms. The molecule has 0 aliphatic carbocycles. The van der Waals surface area contributed by atoms with Gasteiger partial charge in [0, 0.05) is 37.9 Å². The molecule has 1 aliphatic heterocycles. The molecule has 5 nitrogen and oxygen atoms in total. The molecule has 0 bridgehead atoms. The van der Waals surface area contributed by atoms with Crippen LogP contribution in [0.15, 0.2) is 0 Å². The molecular formula is C17H31NO4. The third-order valence-electron chi connectivity index (χ3n) is 3.86. The maximum atomic E-state index is 11.7. The number of rotatable bonds is 9. The van der Waals surface area contributed by atoms with Gasteiger partial charge >= 0.3 is 5.97 Å². The Labute approximate surface area is 134 Å². The van der Waals surface area contributed by atoms with Gasteiger partial charge < -0.3 is 9.47 Å². The highest BCUT2D eigenvalue weighted by atomic mass is 16.5. The van der Waals surface area contributed by atoms with Crippen LogP contribution >= 0.6 is 0 Å². The third-order valence-corrected chi connectivity index (χ3v) is 3.86. The van der Waals surface area contributed by atoms with Crippen LogP contribution in [0.5, 0.6) is 0 Å². The maximum absolute atomic E-state index is 11.7. The summed E-state index contributed by atoms with van der Waals surface area (Å²) in [5.74, 6) is 0.108. The molecule has 0 aromatic heterocycles. The number of hydrogen-bond donors (Lipinski definition) is 0. The number of unbranched alkanes of at least 4 members (excludes halogenated alkanes) is 1. The van der Waals surface area contributed by atoms with Crippen molar-refractivity contribution in [1.82, 2.24) is 4.90 Å². The number of esters is 1. The zero-order valence-electron chi connectivity index (χ0n) is 14.4. The minimum Gasteiger partial charge on any atom is -0.466 e. The van der Waals surface area contributed by atoms with E-state index in [-0.39, 0.29) is 17.2 Å². The highest BCUT2D eigenvalue weighted by Gasteiger charge is 2.20. The molecule has 0 saturated carbocycles. The third kappa shape index (κ3) is 8.49. The molecule has 0 aromatic carbocycles. The molecule has 1 fully saturated rings. The topological polar surface area (TPSA) is 55.8 Å². The minimum atomic E-state index is -0.278. The molecule has 1 aliphatic rings. The smallest absolute Gasteiger partial charge is 0.305 e. The number of carbonyl (C=O) groups is 2. The molecule has 22 heavy (non-hydrogen) atoms. The molecule has 0 atom stereocenters. The number of carbonyl (C=O) groups excluding carboxylic acids is 2. The van der Waals surface area contributed by atoms with Crippen molar-refractivity contribution >= 4 is 11.8 Å². The summed E-state index contributed by atoms with van der Waals surface area (Å²) < 4.78 is 10.5. The number of ether oxygens (including phenoxy) is 2. The van der Waals surface area contributed by atoms with Crippen molar-refractivity contribution < 1.29 is 19.1 Å². The van der Waals surface area contributed by atoms with Gasteiger partial charge in [-0.15, -0.1) is 0 Å². The van der Waals surface area contributed by atoms with E-state index in [9.17, 15) is 9.59 Å². The van der Waals surface area contributed by atoms with E-state index in [1.54, 1.807) is 0 Å². The lowest BCUT2D eigenvalue weighted by Gasteiger charge is -2.26. The van der Waals surface area contributed by atoms with E-state index in [1.165, 1.54) is 0 Å². The molecule has 0 aromatic rings. The molecule has 5 heteroatoms. The van der Waals surface area contributed by atoms with Gasteiger partial charge in [0.1, 0.15) is 5.78 Å². The first-order chi connectivity index (χ1) is 10.4. The standard InChI is InChI=1S/C17H31NO4/c1-17(2,3)15(19)7-4-5-8-16(20)22-12-6-9-18-10-13-21-14-11-18/h4-14H2,1-3H3. The maximum Gasteiger partial charge on any atom is 0.305 e. The van der Waals surface area contributed by atoms with E-state index in [2.05, 4.69) is 4.90 Å². The van der Waals surface area contributed by atoms with Gasteiger partial charge in [-0.05, 0) is 19.3 Å². The van der Waals surface area contributed by atoms with Crippen LogP contribution in [-0.2, 0) is 19.1 Å². The average Bonchev–Trinajstić information content (AvgIpc) is 2.48. The lowest BCUT2D eigenvalue weighted by atomic mass is 9.88. The van der Waals surface area contributed by atoms with Gasteiger partial charge in [0.05, 0.1) is 19.8 Å². The zero-order valence-corrected chi connectivity index (χ0v) is 14.4. The Morgan fingerprint density at radius 1 is 1.05 bits per heavy atom. The molecule has 1 rings (SSSR count). The van der Waals surface area contributed by atoms with Crippen molar-refractivity contribution in [2.75, 3.05) is 39.5 Å². The molecule has 1 heterocycles. The van der Waals surface area contributed by atoms with Gasteiger partial charge in [-0.2, -0.15) is 0 Å². The second-order valence-electron chi connectivity index (χ2n) is 6.91. The van der Waals surface area contributed by atoms with Crippen LogP contribution in [0.1, 0.15) is 52.9 Å². The van der Waals surface area contributed by atoms with E-state index in [0.29, 0.717) is 19.4 Å². The van der Waals surface area contributed by atoms with Crippen LogP contribution < -0.4 is 0 Å². The van der Waals surface area contributed by atoms with E-state index in [1.807, 2.05) is 20.8 Å². The number of hydrogen-bond acceptors (Lipinski definition) is 5. The van der Waals surface area contributed by atoms with Gasteiger partial charge in [-0.25, -0.2) is 0 Å². The summed E-state index contributed by atoms with van der Waals surface area (Å²) in [4.78, 5) is 25.7. The van der Waals surface area contributed by atoms with E-state index in [0.717, 1.165) is 52.1 Å². The quantitative estimate of drug-likeness (QED) is 0.483. The van der Waals surface area contributed by atoms with Gasteiger partial charge in [0.2, 0.25) is 0 Å². The van der Waals surface area contributed by atoms with Crippen LogP contribution in [0.2, 0.25) is 0 Å². The second-order valence-corrected chi connectivity index (χ2v) is 6.91. The molecule has 0 amide bonds. The average molecular weight is 313 g/mol. The number of nitrogens with zero attached hydrogens (tertiary/aromatic N) is 1. The van der Waals surface area contributed by atoms with E-state index < -0.39 is 0 Å². The zero-order chi connectivity index (χ0) is 16.4. The summed E-state index contributed by atoms with van der Waals surface area (Å²) in [6.45, 7) is 10.8. The molecule has 1 saturated heterocycles. The highest BCUT2D eigenvalue weighted by molar-refractivity contribution is 5.83. The number of ketones is 1. The summed E-state index contributed by atoms with van der Waals surface area (Å²) >= 11 is 0. The Hall–Kier alpha value is -0.940.